The molecule has 0 amide bonds. The number of halogens is 2. The Kier molecular flexibility index (Phi) is 5.15. The molecule has 0 aliphatic rings. The van der Waals surface area contributed by atoms with E-state index in [2.05, 4.69) is 16.3 Å². The molecule has 1 heterocycles. The van der Waals surface area contributed by atoms with Gasteiger partial charge in [0, 0.05) is 17.1 Å². The van der Waals surface area contributed by atoms with Crippen molar-refractivity contribution in [2.75, 3.05) is 0 Å². The number of hydrogen-bond acceptors (Lipinski definition) is 4. The van der Waals surface area contributed by atoms with E-state index in [0.717, 1.165) is 5.56 Å². The Morgan fingerprint density at radius 1 is 1.19 bits per heavy atom. The number of hydrogen-bond donors (Lipinski definition) is 0. The number of rotatable bonds is 5. The lowest BCUT2D eigenvalue weighted by molar-refractivity contribution is 0.0885. The molecule has 3 aromatic rings. The van der Waals surface area contributed by atoms with Crippen LogP contribution in [0.1, 0.15) is 32.2 Å². The molecule has 0 spiro atoms. The maximum atomic E-state index is 14.1. The van der Waals surface area contributed by atoms with Crippen molar-refractivity contribution in [3.63, 3.8) is 0 Å². The Morgan fingerprint density at radius 2 is 1.89 bits per heavy atom. The van der Waals surface area contributed by atoms with Crippen LogP contribution in [0.2, 0.25) is 5.02 Å². The molecule has 0 saturated carbocycles. The maximum Gasteiger partial charge on any atom is 0.177 e. The number of benzene rings is 2. The highest BCUT2D eigenvalue weighted by atomic mass is 35.5. The summed E-state index contributed by atoms with van der Waals surface area (Å²) in [5.41, 5.74) is 0.481. The average Bonchev–Trinajstić information content (AvgIpc) is 3.09. The summed E-state index contributed by atoms with van der Waals surface area (Å²) in [6.45, 7) is 6.19. The summed E-state index contributed by atoms with van der Waals surface area (Å²) in [6.07, 6.45) is 0. The first kappa shape index (κ1) is 18.9. The zero-order valence-corrected chi connectivity index (χ0v) is 16.0. The van der Waals surface area contributed by atoms with E-state index in [1.54, 1.807) is 32.0 Å². The Bertz CT molecular complexity index is 1010. The molecule has 3 rings (SSSR count). The second-order valence-electron chi connectivity index (χ2n) is 6.47. The highest BCUT2D eigenvalue weighted by Crippen LogP contribution is 2.31. The summed E-state index contributed by atoms with van der Waals surface area (Å²) in [7, 11) is 0. The van der Waals surface area contributed by atoms with Crippen molar-refractivity contribution in [2.45, 2.75) is 32.9 Å². The number of ether oxygens (including phenoxy) is 1. The van der Waals surface area contributed by atoms with Gasteiger partial charge in [-0.25, -0.2) is 4.39 Å². The van der Waals surface area contributed by atoms with Gasteiger partial charge in [0.15, 0.2) is 28.8 Å². The average molecular weight is 385 g/mol. The lowest BCUT2D eigenvalue weighted by Gasteiger charge is -2.26. The quantitative estimate of drug-likeness (QED) is 0.624. The zero-order chi connectivity index (χ0) is 19.6. The first-order valence-corrected chi connectivity index (χ1v) is 8.81. The first-order valence-electron chi connectivity index (χ1n) is 8.44. The fourth-order valence-electron chi connectivity index (χ4n) is 2.83. The second kappa shape index (κ2) is 7.37. The van der Waals surface area contributed by atoms with Crippen LogP contribution in [-0.2, 0) is 12.1 Å². The van der Waals surface area contributed by atoms with Crippen LogP contribution in [0.5, 0.6) is 5.75 Å². The normalized spacial score (nSPS) is 11.3. The molecule has 0 radical (unpaired) electrons. The van der Waals surface area contributed by atoms with Gasteiger partial charge in [-0.05, 0) is 63.2 Å². The molecule has 0 saturated heterocycles. The molecule has 0 unspecified atom stereocenters. The zero-order valence-electron chi connectivity index (χ0n) is 15.2. The summed E-state index contributed by atoms with van der Waals surface area (Å²) in [6, 6.07) is 13.5. The SMILES string of the molecule is CCn1c(-c2ccc(C#N)cc2)nnc1C(C)(C)Oc1ccc(Cl)cc1F. The van der Waals surface area contributed by atoms with Crippen molar-refractivity contribution in [1.82, 2.24) is 14.8 Å². The summed E-state index contributed by atoms with van der Waals surface area (Å²) in [5.74, 6) is 0.782. The molecular weight excluding hydrogens is 367 g/mol. The molecule has 0 aliphatic heterocycles. The van der Waals surface area contributed by atoms with Gasteiger partial charge in [-0.1, -0.05) is 11.6 Å². The molecule has 5 nitrogen and oxygen atoms in total. The third-order valence-corrected chi connectivity index (χ3v) is 4.37. The summed E-state index contributed by atoms with van der Waals surface area (Å²) in [4.78, 5) is 0. The predicted molar refractivity (Wildman–Crippen MR) is 101 cm³/mol. The van der Waals surface area contributed by atoms with Crippen LogP contribution in [0.3, 0.4) is 0 Å². The minimum absolute atomic E-state index is 0.0926. The van der Waals surface area contributed by atoms with Crippen molar-refractivity contribution in [1.29, 1.82) is 5.26 Å². The Morgan fingerprint density at radius 3 is 2.48 bits per heavy atom. The van der Waals surface area contributed by atoms with Crippen molar-refractivity contribution in [2.24, 2.45) is 0 Å². The largest absolute Gasteiger partial charge is 0.477 e. The van der Waals surface area contributed by atoms with Gasteiger partial charge in [0.25, 0.3) is 0 Å². The van der Waals surface area contributed by atoms with Crippen LogP contribution in [0, 0.1) is 17.1 Å². The van der Waals surface area contributed by atoms with Crippen molar-refractivity contribution < 1.29 is 9.13 Å². The molecule has 0 atom stereocenters. The molecule has 0 aliphatic carbocycles. The summed E-state index contributed by atoms with van der Waals surface area (Å²) >= 11 is 5.80. The van der Waals surface area contributed by atoms with E-state index < -0.39 is 11.4 Å². The van der Waals surface area contributed by atoms with E-state index in [0.29, 0.717) is 28.8 Å². The first-order chi connectivity index (χ1) is 12.9. The monoisotopic (exact) mass is 384 g/mol. The van der Waals surface area contributed by atoms with Crippen LogP contribution in [-0.4, -0.2) is 14.8 Å². The second-order valence-corrected chi connectivity index (χ2v) is 6.90. The fraction of sp³-hybridized carbons (Fsp3) is 0.250. The van der Waals surface area contributed by atoms with Gasteiger partial charge >= 0.3 is 0 Å². The van der Waals surface area contributed by atoms with Crippen molar-refractivity contribution >= 4 is 11.6 Å². The topological polar surface area (TPSA) is 63.7 Å². The lowest BCUT2D eigenvalue weighted by Crippen LogP contribution is -2.30. The van der Waals surface area contributed by atoms with Crippen LogP contribution in [0.4, 0.5) is 4.39 Å². The summed E-state index contributed by atoms with van der Waals surface area (Å²) in [5, 5.41) is 17.8. The number of nitriles is 1. The standard InChI is InChI=1S/C20H18ClFN4O/c1-4-26-18(14-7-5-13(12-23)6-8-14)24-25-19(26)20(2,3)27-17-10-9-15(21)11-16(17)22/h5-11H,4H2,1-3H3. The van der Waals surface area contributed by atoms with Gasteiger partial charge in [0.05, 0.1) is 11.6 Å². The van der Waals surface area contributed by atoms with Crippen LogP contribution < -0.4 is 4.74 Å². The molecule has 0 N–H and O–H groups in total. The van der Waals surface area contributed by atoms with E-state index in [1.165, 1.54) is 12.1 Å². The van der Waals surface area contributed by atoms with Crippen molar-refractivity contribution in [3.8, 4) is 23.2 Å². The van der Waals surface area contributed by atoms with E-state index in [4.69, 9.17) is 21.6 Å². The molecule has 1 aromatic heterocycles. The number of nitrogens with zero attached hydrogens (tertiary/aromatic N) is 4. The third kappa shape index (κ3) is 3.79. The Hall–Kier alpha value is -2.91. The van der Waals surface area contributed by atoms with Gasteiger partial charge < -0.3 is 9.30 Å². The molecule has 0 bridgehead atoms. The third-order valence-electron chi connectivity index (χ3n) is 4.14. The minimum atomic E-state index is -0.928. The molecule has 27 heavy (non-hydrogen) atoms. The van der Waals surface area contributed by atoms with Crippen molar-refractivity contribution in [3.05, 3.63) is 64.7 Å². The van der Waals surface area contributed by atoms with Gasteiger partial charge in [-0.15, -0.1) is 10.2 Å². The van der Waals surface area contributed by atoms with Crippen LogP contribution >= 0.6 is 11.6 Å². The lowest BCUT2D eigenvalue weighted by atomic mass is 10.1. The maximum absolute atomic E-state index is 14.1. The van der Waals surface area contributed by atoms with Gasteiger partial charge in [-0.3, -0.25) is 0 Å². The van der Waals surface area contributed by atoms with Gasteiger partial charge in [0.2, 0.25) is 0 Å². The Labute approximate surface area is 162 Å². The van der Waals surface area contributed by atoms with Crippen LogP contribution in [0.15, 0.2) is 42.5 Å². The number of aromatic nitrogens is 3. The highest BCUT2D eigenvalue weighted by molar-refractivity contribution is 6.30. The van der Waals surface area contributed by atoms with Crippen LogP contribution in [0.25, 0.3) is 11.4 Å². The van der Waals surface area contributed by atoms with Gasteiger partial charge in [-0.2, -0.15) is 5.26 Å². The smallest absolute Gasteiger partial charge is 0.177 e. The molecule has 138 valence electrons. The predicted octanol–water partition coefficient (Wildman–Crippen LogP) is 4.94. The van der Waals surface area contributed by atoms with E-state index in [-0.39, 0.29) is 5.75 Å². The molecule has 2 aromatic carbocycles. The molecular formula is C20H18ClFN4O. The highest BCUT2D eigenvalue weighted by Gasteiger charge is 2.31. The summed E-state index contributed by atoms with van der Waals surface area (Å²) < 4.78 is 22.0. The molecule has 7 heteroatoms. The van der Waals surface area contributed by atoms with E-state index in [1.807, 2.05) is 23.6 Å². The fourth-order valence-corrected chi connectivity index (χ4v) is 2.99. The van der Waals surface area contributed by atoms with E-state index in [9.17, 15) is 4.39 Å². The van der Waals surface area contributed by atoms with E-state index >= 15 is 0 Å². The van der Waals surface area contributed by atoms with Gasteiger partial charge in [0.1, 0.15) is 0 Å². The minimum Gasteiger partial charge on any atom is -0.477 e. The molecule has 0 fully saturated rings. The Balaban J connectivity index is 1.98.